The summed E-state index contributed by atoms with van der Waals surface area (Å²) in [6.07, 6.45) is 4.46. The van der Waals surface area contributed by atoms with E-state index in [9.17, 15) is 4.79 Å². The van der Waals surface area contributed by atoms with Crippen LogP contribution in [0, 0.1) is 0 Å². The van der Waals surface area contributed by atoms with Gasteiger partial charge in [-0.25, -0.2) is 4.68 Å². The number of hydrogen-bond donors (Lipinski definition) is 1. The molecule has 1 atom stereocenters. The van der Waals surface area contributed by atoms with Gasteiger partial charge in [0.25, 0.3) is 0 Å². The summed E-state index contributed by atoms with van der Waals surface area (Å²) in [5.74, 6) is 0.633. The first kappa shape index (κ1) is 15.4. The lowest BCUT2D eigenvalue weighted by Gasteiger charge is -2.10. The number of hydrogen-bond acceptors (Lipinski definition) is 3. The fourth-order valence-corrected chi connectivity index (χ4v) is 3.07. The number of carbonyl (C=O) groups excluding carboxylic acids is 1. The molecule has 2 aromatic carbocycles. The summed E-state index contributed by atoms with van der Waals surface area (Å²) in [6.45, 7) is 1.03. The maximum absolute atomic E-state index is 12.4. The predicted octanol–water partition coefficient (Wildman–Crippen LogP) is 2.71. The fourth-order valence-electron chi connectivity index (χ4n) is 3.07. The van der Waals surface area contributed by atoms with E-state index in [0.717, 1.165) is 23.4 Å². The average molecular weight is 333 g/mol. The van der Waals surface area contributed by atoms with Gasteiger partial charge in [0.1, 0.15) is 18.3 Å². The van der Waals surface area contributed by atoms with E-state index < -0.39 is 0 Å². The third-order valence-corrected chi connectivity index (χ3v) is 4.43. The number of ether oxygens (including phenoxy) is 1. The van der Waals surface area contributed by atoms with E-state index in [1.54, 1.807) is 6.20 Å². The molecule has 25 heavy (non-hydrogen) atoms. The third kappa shape index (κ3) is 3.26. The molecule has 1 N–H and O–H groups in total. The number of benzene rings is 2. The maximum Gasteiger partial charge on any atom is 0.231 e. The summed E-state index contributed by atoms with van der Waals surface area (Å²) in [5, 5.41) is 7.23. The lowest BCUT2D eigenvalue weighted by molar-refractivity contribution is -0.122. The van der Waals surface area contributed by atoms with Crippen LogP contribution in [0.1, 0.15) is 17.0 Å². The van der Waals surface area contributed by atoms with Crippen LogP contribution in [0.2, 0.25) is 0 Å². The number of para-hydroxylation sites is 1. The molecule has 2 heterocycles. The quantitative estimate of drug-likeness (QED) is 0.781. The lowest BCUT2D eigenvalue weighted by Crippen LogP contribution is -2.31. The minimum absolute atomic E-state index is 0.0260. The Balaban J connectivity index is 1.31. The number of fused-ring (bicyclic) bond motifs is 1. The van der Waals surface area contributed by atoms with Gasteiger partial charge < -0.3 is 10.1 Å². The molecule has 0 aliphatic carbocycles. The molecule has 126 valence electrons. The number of aromatic nitrogens is 2. The molecule has 0 radical (unpaired) electrons. The number of nitrogens with one attached hydrogen (secondary N) is 1. The van der Waals surface area contributed by atoms with Crippen LogP contribution in [-0.2, 0) is 11.2 Å². The molecule has 5 nitrogen and oxygen atoms in total. The van der Waals surface area contributed by atoms with Gasteiger partial charge in [0.2, 0.25) is 5.91 Å². The molecule has 1 amide bonds. The van der Waals surface area contributed by atoms with Crippen molar-refractivity contribution in [3.05, 3.63) is 78.1 Å². The molecule has 1 aliphatic rings. The second-order valence-electron chi connectivity index (χ2n) is 6.06. The molecule has 1 aromatic heterocycles. The predicted molar refractivity (Wildman–Crippen MR) is 95.0 cm³/mol. The number of nitrogens with zero attached hydrogens (tertiary/aromatic N) is 2. The highest BCUT2D eigenvalue weighted by atomic mass is 16.5. The molecular formula is C20H19N3O2. The van der Waals surface area contributed by atoms with Crippen molar-refractivity contribution < 1.29 is 9.53 Å². The van der Waals surface area contributed by atoms with Gasteiger partial charge >= 0.3 is 0 Å². The highest BCUT2D eigenvalue weighted by Crippen LogP contribution is 2.33. The van der Waals surface area contributed by atoms with Gasteiger partial charge in [-0.1, -0.05) is 30.3 Å². The largest absolute Gasteiger partial charge is 0.492 e. The van der Waals surface area contributed by atoms with Crippen LogP contribution >= 0.6 is 0 Å². The van der Waals surface area contributed by atoms with Crippen molar-refractivity contribution in [2.45, 2.75) is 12.3 Å². The Hall–Kier alpha value is -3.08. The van der Waals surface area contributed by atoms with E-state index in [2.05, 4.69) is 22.5 Å². The van der Waals surface area contributed by atoms with Gasteiger partial charge in [-0.15, -0.1) is 0 Å². The van der Waals surface area contributed by atoms with Crippen LogP contribution < -0.4 is 10.1 Å². The summed E-state index contributed by atoms with van der Waals surface area (Å²) >= 11 is 0. The van der Waals surface area contributed by atoms with Gasteiger partial charge in [-0.2, -0.15) is 5.10 Å². The van der Waals surface area contributed by atoms with Crippen molar-refractivity contribution in [1.82, 2.24) is 15.1 Å². The molecule has 4 rings (SSSR count). The van der Waals surface area contributed by atoms with Crippen LogP contribution in [0.15, 0.2) is 67.0 Å². The molecule has 0 spiro atoms. The smallest absolute Gasteiger partial charge is 0.231 e. The molecule has 5 heteroatoms. The second-order valence-corrected chi connectivity index (χ2v) is 6.06. The van der Waals surface area contributed by atoms with E-state index in [0.29, 0.717) is 13.2 Å². The molecule has 3 aromatic rings. The monoisotopic (exact) mass is 333 g/mol. The number of carbonyl (C=O) groups is 1. The van der Waals surface area contributed by atoms with Crippen molar-refractivity contribution >= 4 is 5.91 Å². The SMILES string of the molecule is O=C(NCCc1ccc(-n2cccn2)cc1)C1COc2ccccc21. The lowest BCUT2D eigenvalue weighted by atomic mass is 10.0. The first-order valence-electron chi connectivity index (χ1n) is 8.40. The average Bonchev–Trinajstić information content (AvgIpc) is 3.32. The van der Waals surface area contributed by atoms with Crippen LogP contribution in [0.5, 0.6) is 5.75 Å². The van der Waals surface area contributed by atoms with E-state index in [-0.39, 0.29) is 11.8 Å². The number of rotatable bonds is 5. The number of amides is 1. The van der Waals surface area contributed by atoms with Crippen molar-refractivity contribution in [1.29, 1.82) is 0 Å². The van der Waals surface area contributed by atoms with Crippen molar-refractivity contribution in [3.8, 4) is 11.4 Å². The van der Waals surface area contributed by atoms with Gasteiger partial charge in [0.15, 0.2) is 0 Å². The van der Waals surface area contributed by atoms with Gasteiger partial charge in [-0.3, -0.25) is 4.79 Å². The summed E-state index contributed by atoms with van der Waals surface area (Å²) in [7, 11) is 0. The van der Waals surface area contributed by atoms with Gasteiger partial charge in [0, 0.05) is 24.5 Å². The third-order valence-electron chi connectivity index (χ3n) is 4.43. The summed E-state index contributed by atoms with van der Waals surface area (Å²) in [4.78, 5) is 12.4. The van der Waals surface area contributed by atoms with Gasteiger partial charge in [0.05, 0.1) is 5.69 Å². The summed E-state index contributed by atoms with van der Waals surface area (Å²) < 4.78 is 7.40. The topological polar surface area (TPSA) is 56.2 Å². The second kappa shape index (κ2) is 6.81. The Morgan fingerprint density at radius 1 is 1.16 bits per heavy atom. The van der Waals surface area contributed by atoms with E-state index >= 15 is 0 Å². The van der Waals surface area contributed by atoms with Crippen LogP contribution in [0.25, 0.3) is 5.69 Å². The molecule has 0 saturated heterocycles. The fraction of sp³-hybridized carbons (Fsp3) is 0.200. The Morgan fingerprint density at radius 3 is 2.80 bits per heavy atom. The zero-order chi connectivity index (χ0) is 17.1. The molecule has 1 aliphatic heterocycles. The van der Waals surface area contributed by atoms with Crippen molar-refractivity contribution in [2.75, 3.05) is 13.2 Å². The summed E-state index contributed by atoms with van der Waals surface area (Å²) in [6, 6.07) is 17.8. The van der Waals surface area contributed by atoms with Crippen molar-refractivity contribution in [3.63, 3.8) is 0 Å². The van der Waals surface area contributed by atoms with E-state index in [1.165, 1.54) is 5.56 Å². The highest BCUT2D eigenvalue weighted by Gasteiger charge is 2.29. The first-order valence-corrected chi connectivity index (χ1v) is 8.40. The highest BCUT2D eigenvalue weighted by molar-refractivity contribution is 5.85. The Bertz CT molecular complexity index is 857. The standard InChI is InChI=1S/C20H19N3O2/c24-20(18-14-25-19-5-2-1-4-17(18)19)21-12-10-15-6-8-16(9-7-15)23-13-3-11-22-23/h1-9,11,13,18H,10,12,14H2,(H,21,24). The normalized spacial score (nSPS) is 15.4. The van der Waals surface area contributed by atoms with Crippen LogP contribution in [0.4, 0.5) is 0 Å². The van der Waals surface area contributed by atoms with E-state index in [4.69, 9.17) is 4.74 Å². The van der Waals surface area contributed by atoms with Gasteiger partial charge in [-0.05, 0) is 36.2 Å². The van der Waals surface area contributed by atoms with Crippen molar-refractivity contribution in [2.24, 2.45) is 0 Å². The molecule has 0 saturated carbocycles. The van der Waals surface area contributed by atoms with Crippen LogP contribution in [-0.4, -0.2) is 28.8 Å². The summed E-state index contributed by atoms with van der Waals surface area (Å²) in [5.41, 5.74) is 3.18. The zero-order valence-corrected chi connectivity index (χ0v) is 13.8. The Morgan fingerprint density at radius 2 is 2.00 bits per heavy atom. The maximum atomic E-state index is 12.4. The Labute approximate surface area is 146 Å². The van der Waals surface area contributed by atoms with E-state index in [1.807, 2.05) is 53.3 Å². The molecule has 1 unspecified atom stereocenters. The van der Waals surface area contributed by atoms with Crippen LogP contribution in [0.3, 0.4) is 0 Å². The minimum Gasteiger partial charge on any atom is -0.492 e. The minimum atomic E-state index is -0.210. The Kier molecular flexibility index (Phi) is 4.21. The molecule has 0 fully saturated rings. The molecule has 0 bridgehead atoms. The first-order chi connectivity index (χ1) is 12.3. The molecular weight excluding hydrogens is 314 g/mol. The zero-order valence-electron chi connectivity index (χ0n) is 13.8.